The number of nitrogens with zero attached hydrogens (tertiary/aromatic N) is 5. The summed E-state index contributed by atoms with van der Waals surface area (Å²) in [5.74, 6) is -0.361. The predicted molar refractivity (Wildman–Crippen MR) is 126 cm³/mol. The number of carbonyl (C=O) groups is 1. The van der Waals surface area contributed by atoms with Crippen molar-refractivity contribution in [1.29, 1.82) is 0 Å². The van der Waals surface area contributed by atoms with Gasteiger partial charge < -0.3 is 10.4 Å². The van der Waals surface area contributed by atoms with Crippen molar-refractivity contribution < 1.29 is 23.1 Å². The summed E-state index contributed by atoms with van der Waals surface area (Å²) < 4.78 is 40.9. The van der Waals surface area contributed by atoms with Gasteiger partial charge in [0.25, 0.3) is 5.91 Å². The molecule has 5 aromatic rings. The van der Waals surface area contributed by atoms with E-state index in [0.29, 0.717) is 45.4 Å². The molecule has 0 fully saturated rings. The highest BCUT2D eigenvalue weighted by atomic mass is 19.4. The van der Waals surface area contributed by atoms with Gasteiger partial charge in [-0.2, -0.15) is 23.1 Å². The van der Waals surface area contributed by atoms with Gasteiger partial charge in [0.1, 0.15) is 5.52 Å². The molecule has 3 heterocycles. The Balaban J connectivity index is 1.55. The largest absolute Gasteiger partial charge is 0.416 e. The number of hydrogen-bond acceptors (Lipinski definition) is 5. The van der Waals surface area contributed by atoms with Gasteiger partial charge in [-0.15, -0.1) is 5.10 Å². The van der Waals surface area contributed by atoms with Crippen molar-refractivity contribution >= 4 is 28.0 Å². The van der Waals surface area contributed by atoms with E-state index in [-0.39, 0.29) is 12.5 Å². The summed E-state index contributed by atoms with van der Waals surface area (Å²) in [4.78, 5) is 18.8. The smallest absolute Gasteiger partial charge is 0.396 e. The summed E-state index contributed by atoms with van der Waals surface area (Å²) in [5, 5.41) is 21.8. The van der Waals surface area contributed by atoms with E-state index in [1.54, 1.807) is 54.2 Å². The minimum Gasteiger partial charge on any atom is -0.396 e. The summed E-state index contributed by atoms with van der Waals surface area (Å²) in [6.45, 7) is -0.128. The molecule has 0 aliphatic rings. The van der Waals surface area contributed by atoms with Gasteiger partial charge in [-0.05, 0) is 61.0 Å². The number of alkyl halides is 3. The summed E-state index contributed by atoms with van der Waals surface area (Å²) in [5.41, 5.74) is 2.34. The van der Waals surface area contributed by atoms with Crippen LogP contribution in [0.25, 0.3) is 27.8 Å². The molecule has 2 N–H and O–H groups in total. The molecule has 11 heteroatoms. The summed E-state index contributed by atoms with van der Waals surface area (Å²) in [6, 6.07) is 14.7. The van der Waals surface area contributed by atoms with E-state index in [2.05, 4.69) is 20.5 Å². The second kappa shape index (κ2) is 9.08. The number of amides is 1. The van der Waals surface area contributed by atoms with Gasteiger partial charge in [0.2, 0.25) is 0 Å². The lowest BCUT2D eigenvalue weighted by atomic mass is 10.1. The van der Waals surface area contributed by atoms with Gasteiger partial charge in [0.15, 0.2) is 5.65 Å². The highest BCUT2D eigenvalue weighted by Crippen LogP contribution is 2.33. The monoisotopic (exact) mass is 494 g/mol. The first-order valence-corrected chi connectivity index (χ1v) is 11.1. The van der Waals surface area contributed by atoms with Gasteiger partial charge in [-0.25, -0.2) is 0 Å². The van der Waals surface area contributed by atoms with Gasteiger partial charge in [0.05, 0.1) is 22.8 Å². The van der Waals surface area contributed by atoms with Crippen LogP contribution in [0.4, 0.5) is 13.2 Å². The van der Waals surface area contributed by atoms with Crippen molar-refractivity contribution in [2.75, 3.05) is 6.61 Å². The molecule has 0 aliphatic heterocycles. The van der Waals surface area contributed by atoms with Crippen LogP contribution in [0.5, 0.6) is 0 Å². The van der Waals surface area contributed by atoms with Crippen molar-refractivity contribution in [2.24, 2.45) is 7.05 Å². The average molecular weight is 494 g/mol. The molecule has 0 unspecified atom stereocenters. The zero-order valence-corrected chi connectivity index (χ0v) is 19.1. The standard InChI is InChI=1S/C25H21F3N6O2/c1-33-31-22-18-14-15(24(36)30-20(11-13-35)19-4-2-3-12-29-19)5-10-21(18)34(23(22)32-33)17-8-6-16(7-9-17)25(26,27)28/h2-10,12,14,20,35H,11,13H2,1H3,(H,30,36)/t20-/m0/s1. The van der Waals surface area contributed by atoms with E-state index in [4.69, 9.17) is 0 Å². The van der Waals surface area contributed by atoms with Gasteiger partial charge in [0, 0.05) is 36.5 Å². The maximum Gasteiger partial charge on any atom is 0.416 e. The molecular weight excluding hydrogens is 473 g/mol. The molecule has 0 radical (unpaired) electrons. The minimum absolute atomic E-state index is 0.128. The third-order valence-corrected chi connectivity index (χ3v) is 5.88. The number of fused-ring (bicyclic) bond motifs is 3. The lowest BCUT2D eigenvalue weighted by molar-refractivity contribution is -0.137. The summed E-state index contributed by atoms with van der Waals surface area (Å²) in [7, 11) is 1.64. The normalized spacial score (nSPS) is 12.8. The van der Waals surface area contributed by atoms with Gasteiger partial charge in [-0.3, -0.25) is 14.3 Å². The second-order valence-corrected chi connectivity index (χ2v) is 8.27. The molecular formula is C25H21F3N6O2. The summed E-state index contributed by atoms with van der Waals surface area (Å²) in [6.07, 6.45) is -2.53. The van der Waals surface area contributed by atoms with Crippen LogP contribution in [0.2, 0.25) is 0 Å². The SMILES string of the molecule is Cn1nc2c3cc(C(=O)N[C@@H](CCO)c4ccccn4)ccc3n(-c3ccc(C(F)(F)F)cc3)c2n1. The molecule has 2 aromatic carbocycles. The maximum absolute atomic E-state index is 13.1. The molecule has 0 aliphatic carbocycles. The number of rotatable bonds is 6. The number of aryl methyl sites for hydroxylation is 1. The molecule has 0 saturated carbocycles. The first-order valence-electron chi connectivity index (χ1n) is 11.1. The van der Waals surface area contributed by atoms with Crippen LogP contribution in [0.3, 0.4) is 0 Å². The molecule has 5 rings (SSSR count). The minimum atomic E-state index is -4.44. The fourth-order valence-corrected chi connectivity index (χ4v) is 4.20. The molecule has 1 amide bonds. The Morgan fingerprint density at radius 2 is 1.86 bits per heavy atom. The van der Waals surface area contributed by atoms with E-state index in [1.165, 1.54) is 16.9 Å². The van der Waals surface area contributed by atoms with Crippen LogP contribution in [0.1, 0.15) is 34.1 Å². The zero-order valence-electron chi connectivity index (χ0n) is 19.1. The Kier molecular flexibility index (Phi) is 5.92. The first kappa shape index (κ1) is 23.5. The van der Waals surface area contributed by atoms with Crippen molar-refractivity contribution in [1.82, 2.24) is 29.9 Å². The highest BCUT2D eigenvalue weighted by Gasteiger charge is 2.30. The quantitative estimate of drug-likeness (QED) is 0.369. The molecule has 0 spiro atoms. The van der Waals surface area contributed by atoms with E-state index in [0.717, 1.165) is 12.1 Å². The topological polar surface area (TPSA) is 97.9 Å². The molecule has 0 bridgehead atoms. The Morgan fingerprint density at radius 1 is 1.08 bits per heavy atom. The van der Waals surface area contributed by atoms with Crippen molar-refractivity contribution in [2.45, 2.75) is 18.6 Å². The van der Waals surface area contributed by atoms with Crippen molar-refractivity contribution in [3.8, 4) is 5.69 Å². The van der Waals surface area contributed by atoms with Gasteiger partial charge in [-0.1, -0.05) is 6.07 Å². The third kappa shape index (κ3) is 4.29. The maximum atomic E-state index is 13.1. The van der Waals surface area contributed by atoms with Crippen LogP contribution in [0, 0.1) is 0 Å². The number of aromatic nitrogens is 5. The Labute approximate surface area is 203 Å². The van der Waals surface area contributed by atoms with Crippen LogP contribution in [-0.2, 0) is 13.2 Å². The number of pyridine rings is 1. The second-order valence-electron chi connectivity index (χ2n) is 8.27. The van der Waals surface area contributed by atoms with E-state index in [1.807, 2.05) is 0 Å². The fourth-order valence-electron chi connectivity index (χ4n) is 4.20. The number of benzene rings is 2. The van der Waals surface area contributed by atoms with Crippen LogP contribution < -0.4 is 5.32 Å². The van der Waals surface area contributed by atoms with Crippen LogP contribution in [-0.4, -0.2) is 42.2 Å². The number of nitrogens with one attached hydrogen (secondary N) is 1. The number of aliphatic hydroxyl groups excluding tert-OH is 1. The third-order valence-electron chi connectivity index (χ3n) is 5.88. The Morgan fingerprint density at radius 3 is 2.53 bits per heavy atom. The number of halogens is 3. The molecule has 0 saturated heterocycles. The molecule has 8 nitrogen and oxygen atoms in total. The van der Waals surface area contributed by atoms with Gasteiger partial charge >= 0.3 is 6.18 Å². The number of aliphatic hydroxyl groups is 1. The lowest BCUT2D eigenvalue weighted by Crippen LogP contribution is -2.29. The highest BCUT2D eigenvalue weighted by molar-refractivity contribution is 6.08. The fraction of sp³-hybridized carbons (Fsp3) is 0.200. The Hall–Kier alpha value is -4.25. The predicted octanol–water partition coefficient (Wildman–Crippen LogP) is 4.18. The van der Waals surface area contributed by atoms with E-state index >= 15 is 0 Å². The van der Waals surface area contributed by atoms with Crippen molar-refractivity contribution in [3.05, 3.63) is 83.7 Å². The molecule has 36 heavy (non-hydrogen) atoms. The zero-order chi connectivity index (χ0) is 25.4. The number of carbonyl (C=O) groups excluding carboxylic acids is 1. The Bertz CT molecular complexity index is 1540. The molecule has 1 atom stereocenters. The summed E-state index contributed by atoms with van der Waals surface area (Å²) >= 11 is 0. The first-order chi connectivity index (χ1) is 17.3. The van der Waals surface area contributed by atoms with E-state index in [9.17, 15) is 23.1 Å². The molecule has 3 aromatic heterocycles. The van der Waals surface area contributed by atoms with Crippen LogP contribution >= 0.6 is 0 Å². The average Bonchev–Trinajstić information content (AvgIpc) is 3.38. The van der Waals surface area contributed by atoms with E-state index < -0.39 is 17.8 Å². The van der Waals surface area contributed by atoms with Crippen LogP contribution in [0.15, 0.2) is 66.9 Å². The lowest BCUT2D eigenvalue weighted by Gasteiger charge is -2.17. The van der Waals surface area contributed by atoms with Crippen molar-refractivity contribution in [3.63, 3.8) is 0 Å². The number of hydrogen-bond donors (Lipinski definition) is 2. The molecule has 184 valence electrons.